The van der Waals surface area contributed by atoms with Gasteiger partial charge in [0.25, 0.3) is 0 Å². The Kier molecular flexibility index (Phi) is 12.8. The fourth-order valence-electron chi connectivity index (χ4n) is 5.27. The van der Waals surface area contributed by atoms with Crippen molar-refractivity contribution >= 4 is 41.9 Å². The molecule has 0 bridgehead atoms. The molecule has 1 atom stereocenters. The summed E-state index contributed by atoms with van der Waals surface area (Å²) >= 11 is 3.46. The molecule has 1 unspecified atom stereocenters. The predicted molar refractivity (Wildman–Crippen MR) is 181 cm³/mol. The zero-order chi connectivity index (χ0) is 32.5. The lowest BCUT2D eigenvalue weighted by Gasteiger charge is -2.25. The molecule has 4 rings (SSSR count). The van der Waals surface area contributed by atoms with E-state index in [0.29, 0.717) is 38.8 Å². The molecule has 1 aliphatic rings. The lowest BCUT2D eigenvalue weighted by atomic mass is 10.0. The molecule has 0 aliphatic carbocycles. The van der Waals surface area contributed by atoms with Crippen LogP contribution in [0.15, 0.2) is 87.1 Å². The van der Waals surface area contributed by atoms with Crippen LogP contribution in [0.4, 0.5) is 0 Å². The van der Waals surface area contributed by atoms with Gasteiger partial charge in [0, 0.05) is 49.7 Å². The summed E-state index contributed by atoms with van der Waals surface area (Å²) in [4.78, 5) is 13.5. The van der Waals surface area contributed by atoms with Crippen molar-refractivity contribution in [2.45, 2.75) is 61.8 Å². The predicted octanol–water partition coefficient (Wildman–Crippen LogP) is 5.16. The molecule has 0 aromatic heterocycles. The van der Waals surface area contributed by atoms with Gasteiger partial charge in [0.15, 0.2) is 0 Å². The quantitative estimate of drug-likeness (QED) is 0.377. The minimum Gasteiger partial charge on any atom is -0.356 e. The third kappa shape index (κ3) is 9.94. The minimum atomic E-state index is -3.78. The van der Waals surface area contributed by atoms with E-state index in [1.54, 1.807) is 48.5 Å². The lowest BCUT2D eigenvalue weighted by Crippen LogP contribution is -2.36. The van der Waals surface area contributed by atoms with Gasteiger partial charge >= 0.3 is 0 Å². The molecule has 45 heavy (non-hydrogen) atoms. The van der Waals surface area contributed by atoms with Crippen molar-refractivity contribution in [2.24, 2.45) is 0 Å². The van der Waals surface area contributed by atoms with Crippen LogP contribution in [0.25, 0.3) is 0 Å². The van der Waals surface area contributed by atoms with Gasteiger partial charge in [-0.05, 0) is 88.0 Å². The summed E-state index contributed by atoms with van der Waals surface area (Å²) in [6, 6.07) is 21.1. The highest BCUT2D eigenvalue weighted by molar-refractivity contribution is 9.10. The van der Waals surface area contributed by atoms with E-state index in [1.807, 2.05) is 38.1 Å². The first kappa shape index (κ1) is 35.2. The van der Waals surface area contributed by atoms with Crippen molar-refractivity contribution in [3.63, 3.8) is 0 Å². The molecule has 2 N–H and O–H groups in total. The Balaban J connectivity index is 1.57. The summed E-state index contributed by atoms with van der Waals surface area (Å²) in [5, 5.41) is 6.42. The SMILES string of the molecule is Cc1ccc(S(=O)(=O)N2CCCCN(S(=O)(=O)c3ccc(C)cc3)CCCNC(c3ccc(Br)cc3)CC(=O)NCCC2)cc1. The van der Waals surface area contributed by atoms with Gasteiger partial charge in [-0.3, -0.25) is 4.79 Å². The van der Waals surface area contributed by atoms with Gasteiger partial charge in [0.1, 0.15) is 0 Å². The van der Waals surface area contributed by atoms with Crippen LogP contribution in [0.2, 0.25) is 0 Å². The number of nitrogens with zero attached hydrogens (tertiary/aromatic N) is 2. The molecule has 12 heteroatoms. The molecular formula is C33H43BrN4O5S2. The average Bonchev–Trinajstić information content (AvgIpc) is 3.01. The summed E-state index contributed by atoms with van der Waals surface area (Å²) in [7, 11) is -7.55. The maximum absolute atomic E-state index is 13.7. The highest BCUT2D eigenvalue weighted by Gasteiger charge is 2.27. The Morgan fingerprint density at radius 3 is 1.58 bits per heavy atom. The topological polar surface area (TPSA) is 116 Å². The van der Waals surface area contributed by atoms with E-state index in [4.69, 9.17) is 0 Å². The first-order valence-electron chi connectivity index (χ1n) is 15.4. The Bertz CT molecular complexity index is 1620. The maximum atomic E-state index is 13.7. The largest absolute Gasteiger partial charge is 0.356 e. The van der Waals surface area contributed by atoms with E-state index >= 15 is 0 Å². The Labute approximate surface area is 276 Å². The zero-order valence-corrected chi connectivity index (χ0v) is 29.1. The number of halogens is 1. The number of hydrogen-bond acceptors (Lipinski definition) is 6. The van der Waals surface area contributed by atoms with Gasteiger partial charge in [0.2, 0.25) is 26.0 Å². The van der Waals surface area contributed by atoms with Crippen molar-refractivity contribution in [1.82, 2.24) is 19.2 Å². The van der Waals surface area contributed by atoms with Gasteiger partial charge in [0.05, 0.1) is 9.79 Å². The van der Waals surface area contributed by atoms with Crippen LogP contribution in [0.3, 0.4) is 0 Å². The molecule has 0 spiro atoms. The van der Waals surface area contributed by atoms with Gasteiger partial charge in [-0.2, -0.15) is 8.61 Å². The van der Waals surface area contributed by atoms with Crippen molar-refractivity contribution in [3.8, 4) is 0 Å². The zero-order valence-electron chi connectivity index (χ0n) is 25.9. The second kappa shape index (κ2) is 16.3. The molecule has 244 valence electrons. The molecule has 0 radical (unpaired) electrons. The molecule has 3 aromatic carbocycles. The molecular weight excluding hydrogens is 676 g/mol. The molecule has 3 aromatic rings. The van der Waals surface area contributed by atoms with Crippen LogP contribution in [-0.4, -0.2) is 70.6 Å². The van der Waals surface area contributed by atoms with Gasteiger partial charge in [-0.25, -0.2) is 16.8 Å². The van der Waals surface area contributed by atoms with Gasteiger partial charge < -0.3 is 10.6 Å². The van der Waals surface area contributed by atoms with Crippen LogP contribution < -0.4 is 10.6 Å². The summed E-state index contributed by atoms with van der Waals surface area (Å²) in [5.74, 6) is -0.142. The fourth-order valence-corrected chi connectivity index (χ4v) is 8.57. The Hall–Kier alpha value is -2.61. The number of hydrogen-bond donors (Lipinski definition) is 2. The molecule has 1 fully saturated rings. The highest BCUT2D eigenvalue weighted by atomic mass is 79.9. The fraction of sp³-hybridized carbons (Fsp3) is 0.424. The Morgan fingerprint density at radius 1 is 0.644 bits per heavy atom. The molecule has 1 amide bonds. The second-order valence-corrected chi connectivity index (χ2v) is 16.3. The number of carbonyl (C=O) groups is 1. The molecule has 1 heterocycles. The standard InChI is InChI=1S/C33H43BrN4O5S2/c1-26-7-15-30(16-8-26)44(40,41)37-21-3-4-22-38(45(42,43)31-17-9-27(2)10-18-31)24-6-20-36-33(39)25-32(35-19-5-23-37)28-11-13-29(34)14-12-28/h7-18,32,35H,3-6,19-25H2,1-2H3,(H,36,39). The maximum Gasteiger partial charge on any atom is 0.243 e. The van der Waals surface area contributed by atoms with Crippen LogP contribution in [0.1, 0.15) is 54.8 Å². The van der Waals surface area contributed by atoms with Crippen molar-refractivity contribution < 1.29 is 21.6 Å². The average molecular weight is 720 g/mol. The number of aryl methyl sites for hydroxylation is 2. The molecule has 1 saturated heterocycles. The van der Waals surface area contributed by atoms with E-state index in [2.05, 4.69) is 26.6 Å². The van der Waals surface area contributed by atoms with Crippen molar-refractivity contribution in [2.75, 3.05) is 39.3 Å². The van der Waals surface area contributed by atoms with E-state index < -0.39 is 20.0 Å². The number of carbonyl (C=O) groups excluding carboxylic acids is 1. The second-order valence-electron chi connectivity index (χ2n) is 11.5. The monoisotopic (exact) mass is 718 g/mol. The molecule has 0 saturated carbocycles. The number of benzene rings is 3. The van der Waals surface area contributed by atoms with Crippen molar-refractivity contribution in [1.29, 1.82) is 0 Å². The van der Waals surface area contributed by atoms with Crippen molar-refractivity contribution in [3.05, 3.63) is 94.0 Å². The third-order valence-corrected chi connectivity index (χ3v) is 12.3. The lowest BCUT2D eigenvalue weighted by molar-refractivity contribution is -0.121. The van der Waals surface area contributed by atoms with Crippen LogP contribution >= 0.6 is 15.9 Å². The van der Waals surface area contributed by atoms with E-state index in [0.717, 1.165) is 21.2 Å². The smallest absolute Gasteiger partial charge is 0.243 e. The van der Waals surface area contributed by atoms with E-state index in [9.17, 15) is 21.6 Å². The number of rotatable bonds is 5. The first-order chi connectivity index (χ1) is 21.5. The molecule has 9 nitrogen and oxygen atoms in total. The third-order valence-electron chi connectivity index (χ3n) is 7.93. The summed E-state index contributed by atoms with van der Waals surface area (Å²) in [6.07, 6.45) is 2.16. The number of amides is 1. The summed E-state index contributed by atoms with van der Waals surface area (Å²) in [5.41, 5.74) is 2.89. The van der Waals surface area contributed by atoms with E-state index in [1.165, 1.54) is 8.61 Å². The number of nitrogens with one attached hydrogen (secondary N) is 2. The van der Waals surface area contributed by atoms with Gasteiger partial charge in [-0.1, -0.05) is 63.5 Å². The van der Waals surface area contributed by atoms with Crippen LogP contribution in [0, 0.1) is 13.8 Å². The summed E-state index contributed by atoms with van der Waals surface area (Å²) in [6.45, 7) is 5.70. The first-order valence-corrected chi connectivity index (χ1v) is 19.0. The number of sulfonamides is 2. The van der Waals surface area contributed by atoms with Gasteiger partial charge in [-0.15, -0.1) is 0 Å². The molecule has 1 aliphatic heterocycles. The minimum absolute atomic E-state index is 0.142. The Morgan fingerprint density at radius 2 is 1.09 bits per heavy atom. The normalized spacial score (nSPS) is 19.4. The van der Waals surface area contributed by atoms with E-state index in [-0.39, 0.29) is 54.3 Å². The summed E-state index contributed by atoms with van der Waals surface area (Å²) < 4.78 is 58.6. The highest BCUT2D eigenvalue weighted by Crippen LogP contribution is 2.22. The van der Waals surface area contributed by atoms with Crippen LogP contribution in [-0.2, 0) is 24.8 Å². The van der Waals surface area contributed by atoms with Crippen LogP contribution in [0.5, 0.6) is 0 Å².